The van der Waals surface area contributed by atoms with Gasteiger partial charge in [0, 0.05) is 19.0 Å². The van der Waals surface area contributed by atoms with E-state index in [0.29, 0.717) is 5.41 Å². The summed E-state index contributed by atoms with van der Waals surface area (Å²) in [5, 5.41) is 8.82. The third-order valence-electron chi connectivity index (χ3n) is 4.45. The molecule has 0 radical (unpaired) electrons. The summed E-state index contributed by atoms with van der Waals surface area (Å²) < 4.78 is 0. The lowest BCUT2D eigenvalue weighted by molar-refractivity contribution is 0.0906. The molecule has 2 aliphatic rings. The summed E-state index contributed by atoms with van der Waals surface area (Å²) in [4.78, 5) is 2.62. The summed E-state index contributed by atoms with van der Waals surface area (Å²) in [6.45, 7) is 7.14. The van der Waals surface area contributed by atoms with E-state index in [1.165, 1.54) is 38.8 Å². The fraction of sp³-hybridized carbons (Fsp3) is 0.923. The van der Waals surface area contributed by atoms with E-state index in [-0.39, 0.29) is 0 Å². The van der Waals surface area contributed by atoms with Gasteiger partial charge in [0.25, 0.3) is 0 Å². The summed E-state index contributed by atoms with van der Waals surface area (Å²) in [6.07, 6.45) is 6.04. The Bertz CT molecular complexity index is 262. The van der Waals surface area contributed by atoms with Crippen molar-refractivity contribution in [2.24, 2.45) is 11.3 Å². The van der Waals surface area contributed by atoms with Crippen LogP contribution < -0.4 is 0 Å². The highest BCUT2D eigenvalue weighted by Crippen LogP contribution is 2.49. The highest BCUT2D eigenvalue weighted by Gasteiger charge is 2.44. The van der Waals surface area contributed by atoms with Crippen molar-refractivity contribution in [3.05, 3.63) is 0 Å². The van der Waals surface area contributed by atoms with E-state index in [9.17, 15) is 0 Å². The number of nitriles is 1. The molecule has 0 aromatic rings. The van der Waals surface area contributed by atoms with Crippen LogP contribution in [0.3, 0.4) is 0 Å². The van der Waals surface area contributed by atoms with Crippen LogP contribution in [-0.2, 0) is 0 Å². The molecule has 1 aliphatic carbocycles. The second-order valence-corrected chi connectivity index (χ2v) is 5.67. The molecule has 1 saturated heterocycles. The molecule has 2 fully saturated rings. The van der Waals surface area contributed by atoms with Gasteiger partial charge in [-0.05, 0) is 50.5 Å². The van der Waals surface area contributed by atoms with Gasteiger partial charge >= 0.3 is 0 Å². The van der Waals surface area contributed by atoms with Crippen LogP contribution in [0.15, 0.2) is 0 Å². The van der Waals surface area contributed by atoms with Gasteiger partial charge in [-0.3, -0.25) is 4.90 Å². The van der Waals surface area contributed by atoms with Gasteiger partial charge in [-0.25, -0.2) is 0 Å². The van der Waals surface area contributed by atoms with Gasteiger partial charge in [-0.15, -0.1) is 0 Å². The predicted molar refractivity (Wildman–Crippen MR) is 61.3 cm³/mol. The molecule has 1 saturated carbocycles. The minimum absolute atomic E-state index is 0.389. The zero-order valence-electron chi connectivity index (χ0n) is 10.00. The SMILES string of the molecule is CC1CCCN(CC2(CC#N)CC2)C1C. The molecular formula is C13H22N2. The van der Waals surface area contributed by atoms with Gasteiger partial charge in [0.1, 0.15) is 0 Å². The van der Waals surface area contributed by atoms with Crippen molar-refractivity contribution in [3.8, 4) is 6.07 Å². The topological polar surface area (TPSA) is 27.0 Å². The van der Waals surface area contributed by atoms with Crippen LogP contribution in [0.4, 0.5) is 0 Å². The maximum absolute atomic E-state index is 8.82. The number of rotatable bonds is 3. The minimum atomic E-state index is 0.389. The van der Waals surface area contributed by atoms with Crippen LogP contribution in [0.5, 0.6) is 0 Å². The van der Waals surface area contributed by atoms with Crippen molar-refractivity contribution in [2.45, 2.75) is 52.0 Å². The first kappa shape index (κ1) is 11.0. The maximum atomic E-state index is 8.82. The molecule has 84 valence electrons. The Kier molecular flexibility index (Phi) is 3.02. The molecule has 0 bridgehead atoms. The lowest BCUT2D eigenvalue weighted by Gasteiger charge is -2.39. The maximum Gasteiger partial charge on any atom is 0.0628 e. The molecule has 15 heavy (non-hydrogen) atoms. The quantitative estimate of drug-likeness (QED) is 0.710. The second-order valence-electron chi connectivity index (χ2n) is 5.67. The number of hydrogen-bond acceptors (Lipinski definition) is 2. The molecule has 2 unspecified atom stereocenters. The lowest BCUT2D eigenvalue weighted by atomic mass is 9.90. The van der Waals surface area contributed by atoms with Crippen LogP contribution in [0.2, 0.25) is 0 Å². The van der Waals surface area contributed by atoms with Crippen LogP contribution in [0, 0.1) is 22.7 Å². The van der Waals surface area contributed by atoms with Crippen molar-refractivity contribution in [3.63, 3.8) is 0 Å². The fourth-order valence-corrected chi connectivity index (χ4v) is 2.81. The smallest absolute Gasteiger partial charge is 0.0628 e. The highest BCUT2D eigenvalue weighted by atomic mass is 15.2. The Balaban J connectivity index is 1.91. The Morgan fingerprint density at radius 2 is 2.13 bits per heavy atom. The zero-order chi connectivity index (χ0) is 10.9. The van der Waals surface area contributed by atoms with E-state index in [2.05, 4.69) is 24.8 Å². The van der Waals surface area contributed by atoms with Crippen LogP contribution in [-0.4, -0.2) is 24.0 Å². The highest BCUT2D eigenvalue weighted by molar-refractivity contribution is 5.02. The Labute approximate surface area is 93.3 Å². The Morgan fingerprint density at radius 1 is 1.40 bits per heavy atom. The van der Waals surface area contributed by atoms with Crippen LogP contribution in [0.25, 0.3) is 0 Å². The van der Waals surface area contributed by atoms with Crippen molar-refractivity contribution in [1.29, 1.82) is 5.26 Å². The molecule has 1 heterocycles. The second kappa shape index (κ2) is 4.14. The summed E-state index contributed by atoms with van der Waals surface area (Å²) >= 11 is 0. The van der Waals surface area contributed by atoms with Crippen molar-refractivity contribution < 1.29 is 0 Å². The summed E-state index contributed by atoms with van der Waals surface area (Å²) in [7, 11) is 0. The molecule has 0 N–H and O–H groups in total. The molecule has 2 rings (SSSR count). The zero-order valence-corrected chi connectivity index (χ0v) is 10.00. The molecule has 0 aromatic heterocycles. The summed E-state index contributed by atoms with van der Waals surface area (Å²) in [6, 6.07) is 3.08. The first-order valence-electron chi connectivity index (χ1n) is 6.28. The number of nitrogens with zero attached hydrogens (tertiary/aromatic N) is 2. The van der Waals surface area contributed by atoms with Crippen molar-refractivity contribution >= 4 is 0 Å². The van der Waals surface area contributed by atoms with E-state index < -0.39 is 0 Å². The number of hydrogen-bond donors (Lipinski definition) is 0. The normalized spacial score (nSPS) is 34.7. The minimum Gasteiger partial charge on any atom is -0.300 e. The van der Waals surface area contributed by atoms with Crippen molar-refractivity contribution in [1.82, 2.24) is 4.90 Å². The molecule has 0 aromatic carbocycles. The number of piperidine rings is 1. The standard InChI is InChI=1S/C13H22N2/c1-11-4-3-9-15(12(11)2)10-13(5-6-13)7-8-14/h11-12H,3-7,9-10H2,1-2H3. The van der Waals surface area contributed by atoms with Gasteiger partial charge in [0.15, 0.2) is 0 Å². The van der Waals surface area contributed by atoms with Crippen molar-refractivity contribution in [2.75, 3.05) is 13.1 Å². The molecule has 2 atom stereocenters. The molecular weight excluding hydrogens is 184 g/mol. The molecule has 2 nitrogen and oxygen atoms in total. The first-order chi connectivity index (χ1) is 7.17. The molecule has 0 spiro atoms. The number of likely N-dealkylation sites (tertiary alicyclic amines) is 1. The van der Waals surface area contributed by atoms with E-state index in [1.807, 2.05) is 0 Å². The fourth-order valence-electron chi connectivity index (χ4n) is 2.81. The Morgan fingerprint density at radius 3 is 2.73 bits per heavy atom. The Hall–Kier alpha value is -0.550. The average molecular weight is 206 g/mol. The summed E-state index contributed by atoms with van der Waals surface area (Å²) in [5.74, 6) is 0.830. The van der Waals surface area contributed by atoms with Gasteiger partial charge in [-0.2, -0.15) is 5.26 Å². The lowest BCUT2D eigenvalue weighted by Crippen LogP contribution is -2.45. The molecule has 1 aliphatic heterocycles. The third-order valence-corrected chi connectivity index (χ3v) is 4.45. The average Bonchev–Trinajstić information content (AvgIpc) is 2.94. The van der Waals surface area contributed by atoms with Gasteiger partial charge in [0.05, 0.1) is 6.07 Å². The molecule has 2 heteroatoms. The molecule has 0 amide bonds. The van der Waals surface area contributed by atoms with E-state index in [4.69, 9.17) is 5.26 Å². The largest absolute Gasteiger partial charge is 0.300 e. The van der Waals surface area contributed by atoms with Crippen LogP contribution >= 0.6 is 0 Å². The van der Waals surface area contributed by atoms with Gasteiger partial charge in [0.2, 0.25) is 0 Å². The van der Waals surface area contributed by atoms with Crippen LogP contribution in [0.1, 0.15) is 46.0 Å². The first-order valence-corrected chi connectivity index (χ1v) is 6.28. The van der Waals surface area contributed by atoms with E-state index in [0.717, 1.165) is 18.4 Å². The summed E-state index contributed by atoms with van der Waals surface area (Å²) in [5.41, 5.74) is 0.389. The monoisotopic (exact) mass is 206 g/mol. The third kappa shape index (κ3) is 2.34. The van der Waals surface area contributed by atoms with Gasteiger partial charge < -0.3 is 0 Å². The predicted octanol–water partition coefficient (Wildman–Crippen LogP) is 2.80. The van der Waals surface area contributed by atoms with Gasteiger partial charge in [-0.1, -0.05) is 6.92 Å². The van der Waals surface area contributed by atoms with E-state index in [1.54, 1.807) is 0 Å². The van der Waals surface area contributed by atoms with E-state index >= 15 is 0 Å².